The summed E-state index contributed by atoms with van der Waals surface area (Å²) in [5, 5.41) is 4.86. The molecule has 0 radical (unpaired) electrons. The van der Waals surface area contributed by atoms with Gasteiger partial charge in [0.25, 0.3) is 17.6 Å². The van der Waals surface area contributed by atoms with Crippen LogP contribution in [0.1, 0.15) is 51.4 Å². The minimum Gasteiger partial charge on any atom is -0.403 e. The first kappa shape index (κ1) is 22.4. The van der Waals surface area contributed by atoms with Gasteiger partial charge >= 0.3 is 0 Å². The molecule has 2 heterocycles. The van der Waals surface area contributed by atoms with E-state index in [1.165, 1.54) is 13.1 Å². The number of nitrogens with two attached hydrogens (primary N) is 2. The van der Waals surface area contributed by atoms with Crippen LogP contribution in [0.15, 0.2) is 24.0 Å². The Morgan fingerprint density at radius 2 is 1.79 bits per heavy atom. The first-order chi connectivity index (χ1) is 15.6. The second kappa shape index (κ2) is 7.98. The number of fused-ring (bicyclic) bond motifs is 1. The molecule has 2 amide bonds. The van der Waals surface area contributed by atoms with Crippen molar-refractivity contribution in [2.24, 2.45) is 11.5 Å². The molecule has 33 heavy (non-hydrogen) atoms. The predicted molar refractivity (Wildman–Crippen MR) is 113 cm³/mol. The Labute approximate surface area is 186 Å². The van der Waals surface area contributed by atoms with Crippen LogP contribution in [0, 0.1) is 24.4 Å². The van der Waals surface area contributed by atoms with E-state index in [9.17, 15) is 27.6 Å². The second-order valence-electron chi connectivity index (χ2n) is 8.24. The smallest absolute Gasteiger partial charge is 0.293 e. The van der Waals surface area contributed by atoms with Gasteiger partial charge in [-0.15, -0.1) is 0 Å². The van der Waals surface area contributed by atoms with Crippen LogP contribution in [-0.4, -0.2) is 27.7 Å². The van der Waals surface area contributed by atoms with E-state index in [1.54, 1.807) is 4.57 Å². The molecule has 0 unspecified atom stereocenters. The highest BCUT2D eigenvalue weighted by Gasteiger charge is 2.48. The van der Waals surface area contributed by atoms with E-state index in [4.69, 9.17) is 11.5 Å². The molecule has 0 bridgehead atoms. The number of aromatic nitrogens is 1. The Bertz CT molecular complexity index is 1230. The van der Waals surface area contributed by atoms with Crippen molar-refractivity contribution in [3.8, 4) is 0 Å². The molecule has 2 aliphatic rings. The molecule has 174 valence electrons. The molecule has 1 aromatic heterocycles. The molecule has 1 saturated carbocycles. The molecule has 0 atom stereocenters. The number of benzene rings is 1. The summed E-state index contributed by atoms with van der Waals surface area (Å²) in [6.45, 7) is 1.91. The van der Waals surface area contributed by atoms with E-state index < -0.39 is 46.3 Å². The van der Waals surface area contributed by atoms with Crippen LogP contribution >= 0.6 is 0 Å². The third kappa shape index (κ3) is 3.73. The fourth-order valence-electron chi connectivity index (χ4n) is 4.27. The highest BCUT2D eigenvalue weighted by atomic mass is 19.2. The van der Waals surface area contributed by atoms with E-state index in [0.717, 1.165) is 0 Å². The van der Waals surface area contributed by atoms with E-state index >= 15 is 0 Å². The van der Waals surface area contributed by atoms with Gasteiger partial charge in [0.05, 0.1) is 16.8 Å². The van der Waals surface area contributed by atoms with Gasteiger partial charge < -0.3 is 26.7 Å². The number of hydrogen-bond acceptors (Lipinski definition) is 5. The first-order valence-electron chi connectivity index (χ1n) is 10.3. The van der Waals surface area contributed by atoms with Crippen molar-refractivity contribution >= 4 is 23.3 Å². The molecule has 11 heteroatoms. The standard InChI is InChI=1S/C22H22F3N5O3/c1-10-17(19(31)21(33)29-22(4-5-22)16(27)9-26)15-3-2-6-30(15)18(10)20(32)28-14-8-12(24)11(23)7-13(14)25/h7-9H,2-6,26-27H2,1H3,(H,28,32)(H,29,33)/b16-9-. The van der Waals surface area contributed by atoms with Crippen LogP contribution in [-0.2, 0) is 17.8 Å². The summed E-state index contributed by atoms with van der Waals surface area (Å²) < 4.78 is 42.3. The lowest BCUT2D eigenvalue weighted by Gasteiger charge is -2.17. The van der Waals surface area contributed by atoms with Crippen molar-refractivity contribution in [3.05, 3.63) is 64.0 Å². The first-order valence-corrected chi connectivity index (χ1v) is 10.3. The van der Waals surface area contributed by atoms with Gasteiger partial charge in [-0.25, -0.2) is 13.2 Å². The molecular weight excluding hydrogens is 439 g/mol. The normalized spacial score (nSPS) is 16.3. The number of Topliss-reactive ketones (excluding diaryl/α,β-unsaturated/α-hetero) is 1. The summed E-state index contributed by atoms with van der Waals surface area (Å²) in [5.41, 5.74) is 11.0. The number of carbonyl (C=O) groups excluding carboxylic acids is 3. The largest absolute Gasteiger partial charge is 0.403 e. The maximum absolute atomic E-state index is 14.0. The summed E-state index contributed by atoms with van der Waals surface area (Å²) in [6, 6.07) is 0.866. The number of carbonyl (C=O) groups is 3. The van der Waals surface area contributed by atoms with Gasteiger partial charge in [0.1, 0.15) is 11.5 Å². The molecule has 1 aliphatic carbocycles. The van der Waals surface area contributed by atoms with Crippen molar-refractivity contribution in [3.63, 3.8) is 0 Å². The molecule has 1 fully saturated rings. The van der Waals surface area contributed by atoms with Crippen LogP contribution in [0.4, 0.5) is 18.9 Å². The summed E-state index contributed by atoms with van der Waals surface area (Å²) in [7, 11) is 0. The lowest BCUT2D eigenvalue weighted by Crippen LogP contribution is -2.44. The quantitative estimate of drug-likeness (QED) is 0.297. The number of rotatable bonds is 6. The Morgan fingerprint density at radius 3 is 2.42 bits per heavy atom. The molecule has 6 N–H and O–H groups in total. The Balaban J connectivity index is 1.65. The molecular formula is C22H22F3N5O3. The van der Waals surface area contributed by atoms with Gasteiger partial charge in [-0.05, 0) is 38.2 Å². The molecule has 4 rings (SSSR count). The summed E-state index contributed by atoms with van der Waals surface area (Å²) >= 11 is 0. The lowest BCUT2D eigenvalue weighted by molar-refractivity contribution is -0.117. The Morgan fingerprint density at radius 1 is 1.12 bits per heavy atom. The number of nitrogens with zero attached hydrogens (tertiary/aromatic N) is 1. The van der Waals surface area contributed by atoms with Gasteiger partial charge in [-0.1, -0.05) is 0 Å². The van der Waals surface area contributed by atoms with Gasteiger partial charge in [0, 0.05) is 36.3 Å². The average Bonchev–Trinajstić information content (AvgIpc) is 3.30. The number of anilines is 1. The van der Waals surface area contributed by atoms with E-state index in [-0.39, 0.29) is 22.5 Å². The second-order valence-corrected chi connectivity index (χ2v) is 8.24. The van der Waals surface area contributed by atoms with Crippen molar-refractivity contribution in [1.82, 2.24) is 9.88 Å². The lowest BCUT2D eigenvalue weighted by atomic mass is 10.0. The summed E-state index contributed by atoms with van der Waals surface area (Å²) in [4.78, 5) is 38.8. The zero-order valence-corrected chi connectivity index (χ0v) is 17.7. The molecule has 2 aromatic rings. The van der Waals surface area contributed by atoms with Crippen LogP contribution in [0.5, 0.6) is 0 Å². The average molecular weight is 461 g/mol. The monoisotopic (exact) mass is 461 g/mol. The molecule has 8 nitrogen and oxygen atoms in total. The van der Waals surface area contributed by atoms with Crippen molar-refractivity contribution in [2.75, 3.05) is 5.32 Å². The van der Waals surface area contributed by atoms with Gasteiger partial charge in [0.2, 0.25) is 0 Å². The third-order valence-electron chi connectivity index (χ3n) is 6.15. The summed E-state index contributed by atoms with van der Waals surface area (Å²) in [6.07, 6.45) is 3.36. The maximum Gasteiger partial charge on any atom is 0.293 e. The van der Waals surface area contributed by atoms with E-state index in [2.05, 4.69) is 10.6 Å². The number of ketones is 1. The van der Waals surface area contributed by atoms with Crippen LogP contribution in [0.3, 0.4) is 0 Å². The highest BCUT2D eigenvalue weighted by Crippen LogP contribution is 2.40. The highest BCUT2D eigenvalue weighted by molar-refractivity contribution is 6.44. The zero-order chi connectivity index (χ0) is 24.1. The number of hydrogen-bond donors (Lipinski definition) is 4. The molecule has 0 saturated heterocycles. The number of amides is 2. The number of nitrogens with one attached hydrogen (secondary N) is 2. The van der Waals surface area contributed by atoms with Crippen LogP contribution in [0.25, 0.3) is 0 Å². The maximum atomic E-state index is 14.0. The van der Waals surface area contributed by atoms with Gasteiger partial charge in [-0.3, -0.25) is 14.4 Å². The molecule has 1 aromatic carbocycles. The fraction of sp³-hybridized carbons (Fsp3) is 0.318. The molecule has 0 spiro atoms. The topological polar surface area (TPSA) is 132 Å². The third-order valence-corrected chi connectivity index (χ3v) is 6.15. The van der Waals surface area contributed by atoms with Crippen molar-refractivity contribution in [1.29, 1.82) is 0 Å². The predicted octanol–water partition coefficient (Wildman–Crippen LogP) is 2.00. The minimum absolute atomic E-state index is 0.0466. The van der Waals surface area contributed by atoms with Crippen molar-refractivity contribution < 1.29 is 27.6 Å². The summed E-state index contributed by atoms with van der Waals surface area (Å²) in [5.74, 6) is -6.37. The Hall–Kier alpha value is -3.76. The zero-order valence-electron chi connectivity index (χ0n) is 17.7. The Kier molecular flexibility index (Phi) is 5.43. The fourth-order valence-corrected chi connectivity index (χ4v) is 4.27. The van der Waals surface area contributed by atoms with Crippen LogP contribution in [0.2, 0.25) is 0 Å². The van der Waals surface area contributed by atoms with Crippen LogP contribution < -0.4 is 22.1 Å². The van der Waals surface area contributed by atoms with Crippen molar-refractivity contribution in [2.45, 2.75) is 44.7 Å². The minimum atomic E-state index is -1.39. The SMILES string of the molecule is Cc1c(C(=O)C(=O)NC2(/C(N)=C/N)CC2)c2n(c1C(=O)Nc1cc(F)c(F)cc1F)CCC2. The van der Waals surface area contributed by atoms with E-state index in [0.29, 0.717) is 50.1 Å². The van der Waals surface area contributed by atoms with E-state index in [1.807, 2.05) is 0 Å². The molecule has 1 aliphatic heterocycles. The van der Waals surface area contributed by atoms with Gasteiger partial charge in [0.15, 0.2) is 11.6 Å². The van der Waals surface area contributed by atoms with Gasteiger partial charge in [-0.2, -0.15) is 0 Å². The number of halogens is 3.